The smallest absolute Gasteiger partial charge is 0.338 e. The van der Waals surface area contributed by atoms with Crippen LogP contribution in [0.2, 0.25) is 10.0 Å². The Morgan fingerprint density at radius 3 is 2.62 bits per heavy atom. The van der Waals surface area contributed by atoms with Crippen LogP contribution in [-0.2, 0) is 16.1 Å². The highest BCUT2D eigenvalue weighted by atomic mass is 35.5. The van der Waals surface area contributed by atoms with Crippen LogP contribution in [0.3, 0.4) is 0 Å². The predicted octanol–water partition coefficient (Wildman–Crippen LogP) is 5.68. The predicted molar refractivity (Wildman–Crippen MR) is 154 cm³/mol. The lowest BCUT2D eigenvalue weighted by molar-refractivity contribution is -0.139. The number of hydrogen-bond donors (Lipinski definition) is 0. The number of halogens is 2. The first-order valence-electron chi connectivity index (χ1n) is 12.3. The fourth-order valence-electron chi connectivity index (χ4n) is 4.39. The number of aromatic nitrogens is 1. The number of nitrogens with zero attached hydrogens (tertiary/aromatic N) is 2. The first kappa shape index (κ1) is 26.9. The lowest BCUT2D eigenvalue weighted by Gasteiger charge is -2.24. The Bertz CT molecular complexity index is 1760. The minimum atomic E-state index is -0.637. The number of hydrogen-bond acceptors (Lipinski definition) is 6. The van der Waals surface area contributed by atoms with Gasteiger partial charge in [0.25, 0.3) is 5.56 Å². The molecule has 9 heteroatoms. The Kier molecular flexibility index (Phi) is 8.02. The second-order valence-electron chi connectivity index (χ2n) is 8.81. The number of benzene rings is 3. The molecule has 6 nitrogen and oxygen atoms in total. The van der Waals surface area contributed by atoms with Gasteiger partial charge in [0, 0.05) is 15.6 Å². The largest absolute Gasteiger partial charge is 0.489 e. The van der Waals surface area contributed by atoms with Crippen molar-refractivity contribution in [3.63, 3.8) is 0 Å². The summed E-state index contributed by atoms with van der Waals surface area (Å²) >= 11 is 13.5. The topological polar surface area (TPSA) is 69.9 Å². The summed E-state index contributed by atoms with van der Waals surface area (Å²) in [6.45, 7) is 4.02. The minimum Gasteiger partial charge on any atom is -0.489 e. The number of fused-ring (bicyclic) bond motifs is 1. The third kappa shape index (κ3) is 5.71. The first-order chi connectivity index (χ1) is 18.9. The molecule has 1 atom stereocenters. The Balaban J connectivity index is 1.52. The summed E-state index contributed by atoms with van der Waals surface area (Å²) in [6.07, 6.45) is 1.80. The van der Waals surface area contributed by atoms with Gasteiger partial charge in [0.05, 0.1) is 28.5 Å². The SMILES string of the molecule is CCOC(=O)C1=C(C)N=c2s/c(=C/c3cccc(OCc4ccc(Cl)cc4Cl)c3)c(=O)n2[C@H]1c1ccccc1. The molecule has 1 aliphatic rings. The van der Waals surface area contributed by atoms with Crippen LogP contribution in [-0.4, -0.2) is 17.1 Å². The summed E-state index contributed by atoms with van der Waals surface area (Å²) in [7, 11) is 0. The number of esters is 1. The highest BCUT2D eigenvalue weighted by Gasteiger charge is 2.33. The summed E-state index contributed by atoms with van der Waals surface area (Å²) in [5.74, 6) is 0.151. The van der Waals surface area contributed by atoms with E-state index < -0.39 is 12.0 Å². The third-order valence-corrected chi connectivity index (χ3v) is 7.77. The van der Waals surface area contributed by atoms with E-state index in [9.17, 15) is 9.59 Å². The normalized spacial score (nSPS) is 15.1. The van der Waals surface area contributed by atoms with Crippen molar-refractivity contribution in [2.45, 2.75) is 26.5 Å². The molecular weight excluding hydrogens is 555 g/mol. The van der Waals surface area contributed by atoms with Crippen LogP contribution in [0.4, 0.5) is 0 Å². The van der Waals surface area contributed by atoms with Crippen molar-refractivity contribution in [1.29, 1.82) is 0 Å². The minimum absolute atomic E-state index is 0.226. The van der Waals surface area contributed by atoms with E-state index in [4.69, 9.17) is 32.7 Å². The van der Waals surface area contributed by atoms with E-state index in [1.54, 1.807) is 36.6 Å². The molecule has 198 valence electrons. The maximum Gasteiger partial charge on any atom is 0.338 e. The quantitative estimate of drug-likeness (QED) is 0.264. The van der Waals surface area contributed by atoms with Crippen LogP contribution in [0.25, 0.3) is 6.08 Å². The lowest BCUT2D eigenvalue weighted by atomic mass is 9.96. The number of ether oxygens (including phenoxy) is 2. The van der Waals surface area contributed by atoms with Crippen LogP contribution >= 0.6 is 34.5 Å². The second-order valence-corrected chi connectivity index (χ2v) is 10.7. The van der Waals surface area contributed by atoms with Crippen molar-refractivity contribution in [1.82, 2.24) is 4.57 Å². The molecule has 0 aliphatic carbocycles. The number of carbonyl (C=O) groups is 1. The van der Waals surface area contributed by atoms with Gasteiger partial charge in [-0.05, 0) is 55.3 Å². The molecule has 5 rings (SSSR count). The van der Waals surface area contributed by atoms with Crippen LogP contribution in [0.5, 0.6) is 5.75 Å². The first-order valence-corrected chi connectivity index (χ1v) is 13.8. The Labute approximate surface area is 239 Å². The van der Waals surface area contributed by atoms with Gasteiger partial charge in [0.2, 0.25) is 0 Å². The van der Waals surface area contributed by atoms with E-state index in [0.717, 1.165) is 16.7 Å². The van der Waals surface area contributed by atoms with Crippen LogP contribution in [0, 0.1) is 0 Å². The molecule has 0 spiro atoms. The molecular formula is C30H24Cl2N2O4S. The molecule has 1 aliphatic heterocycles. The fraction of sp³-hybridized carbons (Fsp3) is 0.167. The van der Waals surface area contributed by atoms with E-state index in [0.29, 0.717) is 36.4 Å². The number of thiazole rings is 1. The van der Waals surface area contributed by atoms with E-state index in [-0.39, 0.29) is 18.8 Å². The zero-order valence-corrected chi connectivity index (χ0v) is 23.5. The van der Waals surface area contributed by atoms with Gasteiger partial charge in [0.15, 0.2) is 4.80 Å². The van der Waals surface area contributed by atoms with Gasteiger partial charge in [-0.3, -0.25) is 9.36 Å². The van der Waals surface area contributed by atoms with E-state index in [1.165, 1.54) is 11.3 Å². The Hall–Kier alpha value is -3.65. The molecule has 0 fully saturated rings. The van der Waals surface area contributed by atoms with E-state index in [1.807, 2.05) is 60.7 Å². The van der Waals surface area contributed by atoms with Crippen molar-refractivity contribution < 1.29 is 14.3 Å². The van der Waals surface area contributed by atoms with Crippen molar-refractivity contribution in [2.24, 2.45) is 4.99 Å². The van der Waals surface area contributed by atoms with Crippen LogP contribution in [0.15, 0.2) is 93.9 Å². The van der Waals surface area contributed by atoms with Crippen LogP contribution < -0.4 is 19.6 Å². The van der Waals surface area contributed by atoms with Gasteiger partial charge < -0.3 is 9.47 Å². The zero-order chi connectivity index (χ0) is 27.5. The summed E-state index contributed by atoms with van der Waals surface area (Å²) in [5.41, 5.74) is 3.07. The molecule has 39 heavy (non-hydrogen) atoms. The van der Waals surface area contributed by atoms with Crippen molar-refractivity contribution in [3.8, 4) is 5.75 Å². The standard InChI is InChI=1S/C30H24Cl2N2O4S/c1-3-37-29(36)26-18(2)33-30-34(27(26)20-9-5-4-6-10-20)28(35)25(39-30)15-19-8-7-11-23(14-19)38-17-21-12-13-22(31)16-24(21)32/h4-16,27H,3,17H2,1-2H3/b25-15+/t27-/m0/s1. The van der Waals surface area contributed by atoms with Crippen molar-refractivity contribution in [2.75, 3.05) is 6.61 Å². The van der Waals surface area contributed by atoms with E-state index in [2.05, 4.69) is 4.99 Å². The van der Waals surface area contributed by atoms with Crippen LogP contribution in [0.1, 0.15) is 36.6 Å². The zero-order valence-electron chi connectivity index (χ0n) is 21.2. The maximum absolute atomic E-state index is 13.7. The van der Waals surface area contributed by atoms with Gasteiger partial charge in [-0.25, -0.2) is 9.79 Å². The summed E-state index contributed by atoms with van der Waals surface area (Å²) in [6, 6.07) is 21.5. The maximum atomic E-state index is 13.7. The van der Waals surface area contributed by atoms with Crippen molar-refractivity contribution >= 4 is 46.6 Å². The van der Waals surface area contributed by atoms with Gasteiger partial charge in [-0.15, -0.1) is 0 Å². The summed E-state index contributed by atoms with van der Waals surface area (Å²) < 4.78 is 13.4. The monoisotopic (exact) mass is 578 g/mol. The number of allylic oxidation sites excluding steroid dienone is 1. The molecule has 0 unspecified atom stereocenters. The summed E-state index contributed by atoms with van der Waals surface area (Å²) in [5, 5.41) is 1.09. The molecule has 0 bridgehead atoms. The number of rotatable bonds is 7. The average Bonchev–Trinajstić information content (AvgIpc) is 3.22. The summed E-state index contributed by atoms with van der Waals surface area (Å²) in [4.78, 5) is 31.8. The molecule has 0 amide bonds. The third-order valence-electron chi connectivity index (χ3n) is 6.20. The number of carbonyl (C=O) groups excluding carboxylic acids is 1. The Morgan fingerprint density at radius 2 is 1.87 bits per heavy atom. The highest BCUT2D eigenvalue weighted by molar-refractivity contribution is 7.07. The van der Waals surface area contributed by atoms with Gasteiger partial charge in [-0.1, -0.05) is 83.1 Å². The van der Waals surface area contributed by atoms with Gasteiger partial charge in [-0.2, -0.15) is 0 Å². The molecule has 0 saturated carbocycles. The lowest BCUT2D eigenvalue weighted by Crippen LogP contribution is -2.39. The molecule has 2 heterocycles. The van der Waals surface area contributed by atoms with Gasteiger partial charge >= 0.3 is 5.97 Å². The molecule has 0 saturated heterocycles. The molecule has 3 aromatic carbocycles. The molecule has 0 N–H and O–H groups in total. The van der Waals surface area contributed by atoms with Gasteiger partial charge in [0.1, 0.15) is 12.4 Å². The molecule has 0 radical (unpaired) electrons. The molecule has 1 aromatic heterocycles. The average molecular weight is 580 g/mol. The second kappa shape index (κ2) is 11.6. The Morgan fingerprint density at radius 1 is 1.08 bits per heavy atom. The van der Waals surface area contributed by atoms with E-state index >= 15 is 0 Å². The van der Waals surface area contributed by atoms with Crippen molar-refractivity contribution in [3.05, 3.63) is 130 Å². The fourth-order valence-corrected chi connectivity index (χ4v) is 5.90. The molecule has 4 aromatic rings. The highest BCUT2D eigenvalue weighted by Crippen LogP contribution is 2.30.